The predicted octanol–water partition coefficient (Wildman–Crippen LogP) is 4.79. The number of halogens is 1. The van der Waals surface area contributed by atoms with Gasteiger partial charge in [0.05, 0.1) is 34.5 Å². The Balaban J connectivity index is 2.08. The van der Waals surface area contributed by atoms with E-state index in [9.17, 15) is 9.59 Å². The molecule has 0 spiro atoms. The lowest BCUT2D eigenvalue weighted by molar-refractivity contribution is -0.131. The van der Waals surface area contributed by atoms with Crippen LogP contribution >= 0.6 is 23.4 Å². The number of amides is 1. The highest BCUT2D eigenvalue weighted by Gasteiger charge is 2.22. The third-order valence-corrected chi connectivity index (χ3v) is 6.08. The van der Waals surface area contributed by atoms with Crippen LogP contribution in [0.25, 0.3) is 16.6 Å². The molecule has 31 heavy (non-hydrogen) atoms. The number of rotatable bonds is 7. The number of benzene rings is 2. The first-order valence-electron chi connectivity index (χ1n) is 10.0. The van der Waals surface area contributed by atoms with Gasteiger partial charge in [-0.2, -0.15) is 0 Å². The molecule has 2 aromatic carbocycles. The summed E-state index contributed by atoms with van der Waals surface area (Å²) in [7, 11) is 1.53. The molecule has 0 atom stereocenters. The number of ether oxygens (including phenoxy) is 1. The van der Waals surface area contributed by atoms with Gasteiger partial charge in [-0.25, -0.2) is 4.98 Å². The molecule has 0 N–H and O–H groups in total. The van der Waals surface area contributed by atoms with E-state index in [2.05, 4.69) is 4.98 Å². The molecule has 0 radical (unpaired) electrons. The summed E-state index contributed by atoms with van der Waals surface area (Å²) in [5.74, 6) is 0.684. The van der Waals surface area contributed by atoms with E-state index in [1.54, 1.807) is 36.4 Å². The predicted molar refractivity (Wildman–Crippen MR) is 127 cm³/mol. The zero-order valence-electron chi connectivity index (χ0n) is 18.3. The first-order chi connectivity index (χ1) is 14.7. The van der Waals surface area contributed by atoms with Crippen LogP contribution in [0.15, 0.2) is 52.4 Å². The second kappa shape index (κ2) is 9.75. The maximum atomic E-state index is 13.4. The third-order valence-electron chi connectivity index (χ3n) is 4.86. The van der Waals surface area contributed by atoms with E-state index >= 15 is 0 Å². The molecule has 1 heterocycles. The van der Waals surface area contributed by atoms with E-state index in [1.165, 1.54) is 23.4 Å². The zero-order chi connectivity index (χ0) is 22.7. The lowest BCUT2D eigenvalue weighted by Gasteiger charge is -2.30. The maximum absolute atomic E-state index is 13.4. The van der Waals surface area contributed by atoms with Crippen molar-refractivity contribution in [2.45, 2.75) is 44.9 Å². The minimum Gasteiger partial charge on any atom is -0.495 e. The Kier molecular flexibility index (Phi) is 7.28. The summed E-state index contributed by atoms with van der Waals surface area (Å²) in [5.41, 5.74) is 0.933. The monoisotopic (exact) mass is 459 g/mol. The number of hydrogen-bond acceptors (Lipinski definition) is 5. The van der Waals surface area contributed by atoms with E-state index in [0.717, 1.165) is 0 Å². The second-order valence-corrected chi connectivity index (χ2v) is 9.00. The van der Waals surface area contributed by atoms with Gasteiger partial charge in [-0.15, -0.1) is 0 Å². The molecule has 0 fully saturated rings. The zero-order valence-corrected chi connectivity index (χ0v) is 19.8. The van der Waals surface area contributed by atoms with Gasteiger partial charge >= 0.3 is 0 Å². The van der Waals surface area contributed by atoms with Gasteiger partial charge in [-0.1, -0.05) is 35.5 Å². The van der Waals surface area contributed by atoms with Crippen LogP contribution in [0.3, 0.4) is 0 Å². The lowest BCUT2D eigenvalue weighted by atomic mass is 10.2. The van der Waals surface area contributed by atoms with Gasteiger partial charge in [0.25, 0.3) is 5.56 Å². The number of para-hydroxylation sites is 1. The average molecular weight is 460 g/mol. The van der Waals surface area contributed by atoms with Gasteiger partial charge < -0.3 is 9.64 Å². The largest absolute Gasteiger partial charge is 0.495 e. The molecule has 1 aromatic heterocycles. The molecule has 164 valence electrons. The van der Waals surface area contributed by atoms with Crippen LogP contribution in [0.1, 0.15) is 27.7 Å². The summed E-state index contributed by atoms with van der Waals surface area (Å²) >= 11 is 7.56. The molecule has 1 amide bonds. The van der Waals surface area contributed by atoms with Crippen molar-refractivity contribution in [2.75, 3.05) is 12.9 Å². The van der Waals surface area contributed by atoms with E-state index < -0.39 is 0 Å². The summed E-state index contributed by atoms with van der Waals surface area (Å²) in [6.45, 7) is 7.97. The Morgan fingerprint density at radius 2 is 1.84 bits per heavy atom. The summed E-state index contributed by atoms with van der Waals surface area (Å²) in [5, 5.41) is 1.32. The fraction of sp³-hybridized carbons (Fsp3) is 0.348. The second-order valence-electron chi connectivity index (χ2n) is 7.65. The molecule has 0 saturated heterocycles. The minimum atomic E-state index is -0.216. The molecule has 3 aromatic rings. The van der Waals surface area contributed by atoms with E-state index in [4.69, 9.17) is 16.3 Å². The normalized spacial score (nSPS) is 11.4. The summed E-state index contributed by atoms with van der Waals surface area (Å²) in [4.78, 5) is 32.8. The van der Waals surface area contributed by atoms with E-state index in [-0.39, 0.29) is 29.3 Å². The van der Waals surface area contributed by atoms with Crippen molar-refractivity contribution in [1.29, 1.82) is 0 Å². The summed E-state index contributed by atoms with van der Waals surface area (Å²) in [6, 6.07) is 12.5. The number of carbonyl (C=O) groups excluding carboxylic acids is 1. The number of thioether (sulfide) groups is 1. The lowest BCUT2D eigenvalue weighted by Crippen LogP contribution is -2.43. The summed E-state index contributed by atoms with van der Waals surface area (Å²) in [6.07, 6.45) is 0. The third kappa shape index (κ3) is 4.88. The van der Waals surface area contributed by atoms with Gasteiger partial charge in [-0.05, 0) is 58.0 Å². The molecule has 0 unspecified atom stereocenters. The molecule has 0 aliphatic heterocycles. The molecule has 6 nitrogen and oxygen atoms in total. The Morgan fingerprint density at radius 3 is 2.45 bits per heavy atom. The number of nitrogens with zero attached hydrogens (tertiary/aromatic N) is 3. The Hall–Kier alpha value is -2.51. The van der Waals surface area contributed by atoms with Gasteiger partial charge in [0.2, 0.25) is 5.91 Å². The van der Waals surface area contributed by atoms with Crippen LogP contribution in [-0.2, 0) is 4.79 Å². The quantitative estimate of drug-likeness (QED) is 0.375. The first kappa shape index (κ1) is 23.2. The van der Waals surface area contributed by atoms with Crippen molar-refractivity contribution in [1.82, 2.24) is 14.5 Å². The number of hydrogen-bond donors (Lipinski definition) is 0. The maximum Gasteiger partial charge on any atom is 0.266 e. The molecular weight excluding hydrogens is 434 g/mol. The molecule has 0 saturated carbocycles. The molecular formula is C23H26ClN3O3S. The van der Waals surface area contributed by atoms with Crippen LogP contribution in [0, 0.1) is 0 Å². The van der Waals surface area contributed by atoms with Gasteiger partial charge in [-0.3, -0.25) is 14.2 Å². The first-order valence-corrected chi connectivity index (χ1v) is 11.4. The molecule has 0 aliphatic carbocycles. The number of aromatic nitrogens is 2. The van der Waals surface area contributed by atoms with Crippen molar-refractivity contribution in [2.24, 2.45) is 0 Å². The van der Waals surface area contributed by atoms with E-state index in [1.807, 2.05) is 38.7 Å². The van der Waals surface area contributed by atoms with Crippen molar-refractivity contribution < 1.29 is 9.53 Å². The molecule has 0 bridgehead atoms. The molecule has 0 aliphatic rings. The Bertz CT molecular complexity index is 1150. The van der Waals surface area contributed by atoms with Gasteiger partial charge in [0, 0.05) is 12.1 Å². The Morgan fingerprint density at radius 1 is 1.16 bits per heavy atom. The SMILES string of the molecule is COc1ccc(-n2c(SCC(=O)N(C(C)C)C(C)C)nc3ccccc3c2=O)cc1Cl. The number of carbonyl (C=O) groups is 1. The van der Waals surface area contributed by atoms with Crippen molar-refractivity contribution in [3.8, 4) is 11.4 Å². The smallest absolute Gasteiger partial charge is 0.266 e. The highest BCUT2D eigenvalue weighted by Crippen LogP contribution is 2.29. The van der Waals surface area contributed by atoms with Crippen molar-refractivity contribution >= 4 is 40.2 Å². The van der Waals surface area contributed by atoms with Crippen molar-refractivity contribution in [3.05, 3.63) is 57.8 Å². The highest BCUT2D eigenvalue weighted by molar-refractivity contribution is 7.99. The van der Waals surface area contributed by atoms with E-state index in [0.29, 0.717) is 32.5 Å². The van der Waals surface area contributed by atoms with Crippen LogP contribution in [0.5, 0.6) is 5.75 Å². The van der Waals surface area contributed by atoms with Gasteiger partial charge in [0.1, 0.15) is 5.75 Å². The summed E-state index contributed by atoms with van der Waals surface area (Å²) < 4.78 is 6.73. The van der Waals surface area contributed by atoms with Gasteiger partial charge in [0.15, 0.2) is 5.16 Å². The standard InChI is InChI=1S/C23H26ClN3O3S/c1-14(2)26(15(3)4)21(28)13-31-23-25-19-9-7-6-8-17(19)22(29)27(23)16-10-11-20(30-5)18(24)12-16/h6-12,14-15H,13H2,1-5H3. The van der Waals surface area contributed by atoms with Crippen molar-refractivity contribution in [3.63, 3.8) is 0 Å². The van der Waals surface area contributed by atoms with Crippen LogP contribution in [-0.4, -0.2) is 45.3 Å². The number of fused-ring (bicyclic) bond motifs is 1. The number of methoxy groups -OCH3 is 1. The van der Waals surface area contributed by atoms with Crippen LogP contribution in [0.4, 0.5) is 0 Å². The topological polar surface area (TPSA) is 64.4 Å². The van der Waals surface area contributed by atoms with Crippen LogP contribution in [0.2, 0.25) is 5.02 Å². The average Bonchev–Trinajstić information content (AvgIpc) is 2.72. The Labute approximate surface area is 191 Å². The highest BCUT2D eigenvalue weighted by atomic mass is 35.5. The molecule has 3 rings (SSSR count). The molecule has 8 heteroatoms. The minimum absolute atomic E-state index is 0.00304. The fourth-order valence-corrected chi connectivity index (χ4v) is 4.74. The van der Waals surface area contributed by atoms with Crippen LogP contribution < -0.4 is 10.3 Å². The fourth-order valence-electron chi connectivity index (χ4n) is 3.60.